The van der Waals surface area contributed by atoms with Crippen LogP contribution in [0.1, 0.15) is 23.7 Å². The van der Waals surface area contributed by atoms with Gasteiger partial charge in [0.1, 0.15) is 0 Å². The maximum absolute atomic E-state index is 12.2. The molecule has 1 aliphatic rings. The summed E-state index contributed by atoms with van der Waals surface area (Å²) in [5, 5.41) is 2.87. The van der Waals surface area contributed by atoms with Crippen LogP contribution in [0.3, 0.4) is 0 Å². The molecule has 1 fully saturated rings. The van der Waals surface area contributed by atoms with Crippen LogP contribution in [0.15, 0.2) is 54.6 Å². The van der Waals surface area contributed by atoms with Gasteiger partial charge in [0, 0.05) is 29.5 Å². The second-order valence-corrected chi connectivity index (χ2v) is 8.44. The molecule has 0 saturated carbocycles. The van der Waals surface area contributed by atoms with Gasteiger partial charge in [0.05, 0.1) is 11.5 Å². The molecule has 2 aromatic rings. The molecule has 1 unspecified atom stereocenters. The first-order valence-electron chi connectivity index (χ1n) is 8.42. The van der Waals surface area contributed by atoms with E-state index in [2.05, 4.69) is 10.2 Å². The lowest BCUT2D eigenvalue weighted by molar-refractivity contribution is 0.102. The topological polar surface area (TPSA) is 66.5 Å². The van der Waals surface area contributed by atoms with E-state index in [0.717, 1.165) is 12.2 Å². The molecule has 1 amide bonds. The van der Waals surface area contributed by atoms with Gasteiger partial charge in [0.15, 0.2) is 9.84 Å². The van der Waals surface area contributed by atoms with Gasteiger partial charge in [-0.2, -0.15) is 0 Å². The Hall–Kier alpha value is -2.34. The highest BCUT2D eigenvalue weighted by atomic mass is 32.2. The van der Waals surface area contributed by atoms with E-state index in [0.29, 0.717) is 17.7 Å². The van der Waals surface area contributed by atoms with Crippen LogP contribution in [-0.2, 0) is 9.84 Å². The predicted molar refractivity (Wildman–Crippen MR) is 101 cm³/mol. The minimum Gasteiger partial charge on any atom is -0.368 e. The number of hydrogen-bond acceptors (Lipinski definition) is 4. The molecule has 0 bridgehead atoms. The van der Waals surface area contributed by atoms with E-state index in [9.17, 15) is 13.2 Å². The molecule has 0 spiro atoms. The summed E-state index contributed by atoms with van der Waals surface area (Å²) < 4.78 is 23.5. The first-order valence-corrected chi connectivity index (χ1v) is 10.2. The van der Waals surface area contributed by atoms with Gasteiger partial charge in [-0.05, 0) is 49.7 Å². The summed E-state index contributed by atoms with van der Waals surface area (Å²) >= 11 is 0. The summed E-state index contributed by atoms with van der Waals surface area (Å²) in [7, 11) is -2.91. The van der Waals surface area contributed by atoms with Crippen molar-refractivity contribution in [3.05, 3.63) is 60.2 Å². The van der Waals surface area contributed by atoms with Gasteiger partial charge in [-0.3, -0.25) is 4.79 Å². The second kappa shape index (κ2) is 7.27. The van der Waals surface area contributed by atoms with Crippen molar-refractivity contribution in [3.8, 4) is 0 Å². The quantitative estimate of drug-likeness (QED) is 0.892. The molecule has 1 heterocycles. The van der Waals surface area contributed by atoms with Gasteiger partial charge >= 0.3 is 0 Å². The first-order chi connectivity index (χ1) is 12.0. The third-order valence-electron chi connectivity index (χ3n) is 4.48. The standard InChI is InChI=1S/C19H22N2O3S/c1-2-21(18-12-13-25(23,24)14-18)17-10-8-16(9-11-17)20-19(22)15-6-4-3-5-7-15/h3-11,18H,2,12-14H2,1H3,(H,20,22). The number of benzene rings is 2. The molecule has 0 radical (unpaired) electrons. The molecule has 132 valence electrons. The molecule has 2 aromatic carbocycles. The number of anilines is 2. The van der Waals surface area contributed by atoms with Crippen molar-refractivity contribution in [3.63, 3.8) is 0 Å². The van der Waals surface area contributed by atoms with Crippen LogP contribution >= 0.6 is 0 Å². The van der Waals surface area contributed by atoms with Crippen LogP contribution in [0.25, 0.3) is 0 Å². The molecule has 1 saturated heterocycles. The lowest BCUT2D eigenvalue weighted by Crippen LogP contribution is -2.36. The Bertz CT molecular complexity index is 833. The Morgan fingerprint density at radius 1 is 1.12 bits per heavy atom. The van der Waals surface area contributed by atoms with Crippen LogP contribution in [0, 0.1) is 0 Å². The Balaban J connectivity index is 1.70. The molecule has 5 nitrogen and oxygen atoms in total. The molecular formula is C19H22N2O3S. The summed E-state index contributed by atoms with van der Waals surface area (Å²) in [4.78, 5) is 14.3. The van der Waals surface area contributed by atoms with E-state index in [1.165, 1.54) is 0 Å². The summed E-state index contributed by atoms with van der Waals surface area (Å²) in [6.45, 7) is 2.77. The van der Waals surface area contributed by atoms with Crippen molar-refractivity contribution in [2.75, 3.05) is 28.3 Å². The van der Waals surface area contributed by atoms with E-state index >= 15 is 0 Å². The summed E-state index contributed by atoms with van der Waals surface area (Å²) in [5.41, 5.74) is 2.30. The number of carbonyl (C=O) groups excluding carboxylic acids is 1. The van der Waals surface area contributed by atoms with Crippen molar-refractivity contribution >= 4 is 27.1 Å². The Morgan fingerprint density at radius 2 is 1.80 bits per heavy atom. The lowest BCUT2D eigenvalue weighted by Gasteiger charge is -2.29. The monoisotopic (exact) mass is 358 g/mol. The fraction of sp³-hybridized carbons (Fsp3) is 0.316. The maximum Gasteiger partial charge on any atom is 0.255 e. The molecule has 1 aliphatic heterocycles. The Kier molecular flexibility index (Phi) is 5.08. The third-order valence-corrected chi connectivity index (χ3v) is 6.23. The van der Waals surface area contributed by atoms with Crippen molar-refractivity contribution in [2.45, 2.75) is 19.4 Å². The van der Waals surface area contributed by atoms with Crippen LogP contribution in [0.5, 0.6) is 0 Å². The fourth-order valence-electron chi connectivity index (χ4n) is 3.20. The molecular weight excluding hydrogens is 336 g/mol. The summed E-state index contributed by atoms with van der Waals surface area (Å²) in [6.07, 6.45) is 0.669. The zero-order chi connectivity index (χ0) is 17.9. The van der Waals surface area contributed by atoms with E-state index in [1.54, 1.807) is 12.1 Å². The van der Waals surface area contributed by atoms with Gasteiger partial charge in [-0.1, -0.05) is 18.2 Å². The van der Waals surface area contributed by atoms with Gasteiger partial charge in [-0.25, -0.2) is 8.42 Å². The highest BCUT2D eigenvalue weighted by Crippen LogP contribution is 2.25. The average Bonchev–Trinajstić information content (AvgIpc) is 2.97. The van der Waals surface area contributed by atoms with Crippen LogP contribution < -0.4 is 10.2 Å². The number of nitrogens with one attached hydrogen (secondary N) is 1. The maximum atomic E-state index is 12.2. The first kappa shape index (κ1) is 17.5. The summed E-state index contributed by atoms with van der Waals surface area (Å²) in [6, 6.07) is 16.6. The molecule has 1 atom stereocenters. The largest absolute Gasteiger partial charge is 0.368 e. The molecule has 3 rings (SSSR count). The Labute approximate surface area is 148 Å². The molecule has 6 heteroatoms. The van der Waals surface area contributed by atoms with Crippen LogP contribution in [-0.4, -0.2) is 38.4 Å². The van der Waals surface area contributed by atoms with E-state index in [1.807, 2.05) is 49.4 Å². The molecule has 0 aromatic heterocycles. The second-order valence-electron chi connectivity index (χ2n) is 6.21. The molecule has 0 aliphatic carbocycles. The fourth-order valence-corrected chi connectivity index (χ4v) is 4.93. The number of carbonyl (C=O) groups is 1. The summed E-state index contributed by atoms with van der Waals surface area (Å²) in [5.74, 6) is 0.329. The zero-order valence-corrected chi connectivity index (χ0v) is 15.0. The number of nitrogens with zero attached hydrogens (tertiary/aromatic N) is 1. The van der Waals surface area contributed by atoms with Crippen molar-refractivity contribution < 1.29 is 13.2 Å². The highest BCUT2D eigenvalue weighted by molar-refractivity contribution is 7.91. The molecule has 25 heavy (non-hydrogen) atoms. The SMILES string of the molecule is CCN(c1ccc(NC(=O)c2ccccc2)cc1)C1CCS(=O)(=O)C1. The number of sulfone groups is 1. The zero-order valence-electron chi connectivity index (χ0n) is 14.2. The van der Waals surface area contributed by atoms with Crippen LogP contribution in [0.2, 0.25) is 0 Å². The van der Waals surface area contributed by atoms with Crippen molar-refractivity contribution in [1.29, 1.82) is 0 Å². The van der Waals surface area contributed by atoms with Gasteiger partial charge in [-0.15, -0.1) is 0 Å². The van der Waals surface area contributed by atoms with E-state index in [-0.39, 0.29) is 23.5 Å². The van der Waals surface area contributed by atoms with Gasteiger partial charge in [0.2, 0.25) is 0 Å². The number of hydrogen-bond donors (Lipinski definition) is 1. The number of rotatable bonds is 5. The van der Waals surface area contributed by atoms with Gasteiger partial charge in [0.25, 0.3) is 5.91 Å². The average molecular weight is 358 g/mol. The predicted octanol–water partition coefficient (Wildman–Crippen LogP) is 2.95. The minimum absolute atomic E-state index is 0.0276. The van der Waals surface area contributed by atoms with Crippen LogP contribution in [0.4, 0.5) is 11.4 Å². The van der Waals surface area contributed by atoms with Gasteiger partial charge < -0.3 is 10.2 Å². The van der Waals surface area contributed by atoms with Crippen molar-refractivity contribution in [1.82, 2.24) is 0 Å². The minimum atomic E-state index is -2.91. The molecule has 1 N–H and O–H groups in total. The smallest absolute Gasteiger partial charge is 0.255 e. The van der Waals surface area contributed by atoms with E-state index < -0.39 is 9.84 Å². The van der Waals surface area contributed by atoms with Crippen molar-refractivity contribution in [2.24, 2.45) is 0 Å². The third kappa shape index (κ3) is 4.20. The lowest BCUT2D eigenvalue weighted by atomic mass is 10.1. The highest BCUT2D eigenvalue weighted by Gasteiger charge is 2.31. The number of amides is 1. The normalized spacial score (nSPS) is 18.7. The van der Waals surface area contributed by atoms with E-state index in [4.69, 9.17) is 0 Å². The Morgan fingerprint density at radius 3 is 2.36 bits per heavy atom.